The average Bonchev–Trinajstić information content (AvgIpc) is 2.63. The fourth-order valence-electron chi connectivity index (χ4n) is 2.87. The van der Waals surface area contributed by atoms with Gasteiger partial charge in [-0.25, -0.2) is 4.68 Å². The van der Waals surface area contributed by atoms with Crippen molar-refractivity contribution in [1.82, 2.24) is 9.78 Å². The van der Waals surface area contributed by atoms with Crippen LogP contribution in [-0.4, -0.2) is 16.3 Å². The lowest BCUT2D eigenvalue weighted by Crippen LogP contribution is -2.07. The molecule has 3 nitrogen and oxygen atoms in total. The fourth-order valence-corrected chi connectivity index (χ4v) is 2.87. The van der Waals surface area contributed by atoms with E-state index in [1.54, 1.807) is 0 Å². The largest absolute Gasteiger partial charge is 0.370 e. The van der Waals surface area contributed by atoms with Crippen LogP contribution in [0.25, 0.3) is 5.69 Å². The van der Waals surface area contributed by atoms with E-state index in [-0.39, 0.29) is 0 Å². The minimum absolute atomic E-state index is 0.468. The summed E-state index contributed by atoms with van der Waals surface area (Å²) in [7, 11) is 0. The highest BCUT2D eigenvalue weighted by Crippen LogP contribution is 2.31. The first-order valence-electron chi connectivity index (χ1n) is 7.59. The molecule has 0 amide bonds. The summed E-state index contributed by atoms with van der Waals surface area (Å²) in [6.45, 7) is 7.62. The Morgan fingerprint density at radius 3 is 2.60 bits per heavy atom. The maximum absolute atomic E-state index is 4.89. The normalized spacial score (nSPS) is 14.8. The Kier molecular flexibility index (Phi) is 3.51. The van der Waals surface area contributed by atoms with Gasteiger partial charge in [0.05, 0.1) is 11.4 Å². The van der Waals surface area contributed by atoms with E-state index in [4.69, 9.17) is 5.10 Å². The molecular formula is C17H23N3. The summed E-state index contributed by atoms with van der Waals surface area (Å²) in [5.74, 6) is 1.67. The topological polar surface area (TPSA) is 29.9 Å². The second-order valence-electron chi connectivity index (χ2n) is 6.00. The molecule has 106 valence electrons. The summed E-state index contributed by atoms with van der Waals surface area (Å²) in [5.41, 5.74) is 5.09. The van der Waals surface area contributed by atoms with E-state index in [9.17, 15) is 0 Å². The Bertz CT molecular complexity index is 593. The molecular weight excluding hydrogens is 246 g/mol. The zero-order valence-corrected chi connectivity index (χ0v) is 12.6. The molecule has 0 bridgehead atoms. The molecule has 1 aromatic carbocycles. The molecule has 1 aromatic heterocycles. The Labute approximate surface area is 121 Å². The van der Waals surface area contributed by atoms with Gasteiger partial charge in [0.15, 0.2) is 0 Å². The van der Waals surface area contributed by atoms with Gasteiger partial charge in [-0.05, 0) is 44.2 Å². The number of hydrogen-bond donors (Lipinski definition) is 1. The van der Waals surface area contributed by atoms with Crippen LogP contribution in [0.4, 0.5) is 5.82 Å². The molecule has 2 aromatic rings. The fraction of sp³-hybridized carbons (Fsp3) is 0.471. The highest BCUT2D eigenvalue weighted by molar-refractivity contribution is 5.55. The number of hydrogen-bond acceptors (Lipinski definition) is 2. The van der Waals surface area contributed by atoms with Crippen LogP contribution in [0.2, 0.25) is 0 Å². The molecule has 0 radical (unpaired) electrons. The summed E-state index contributed by atoms with van der Waals surface area (Å²) in [6, 6.07) is 8.60. The van der Waals surface area contributed by atoms with Crippen LogP contribution in [-0.2, 0) is 6.42 Å². The first-order chi connectivity index (χ1) is 9.66. The van der Waals surface area contributed by atoms with Gasteiger partial charge >= 0.3 is 0 Å². The first-order valence-corrected chi connectivity index (χ1v) is 7.59. The first kappa shape index (κ1) is 13.2. The van der Waals surface area contributed by atoms with Crippen LogP contribution in [0.3, 0.4) is 0 Å². The van der Waals surface area contributed by atoms with Crippen molar-refractivity contribution in [3.8, 4) is 5.69 Å². The maximum Gasteiger partial charge on any atom is 0.133 e. The smallest absolute Gasteiger partial charge is 0.133 e. The predicted octanol–water partition coefficient (Wildman–Crippen LogP) is 4.05. The molecule has 0 unspecified atom stereocenters. The van der Waals surface area contributed by atoms with Gasteiger partial charge in [-0.1, -0.05) is 31.5 Å². The van der Waals surface area contributed by atoms with Crippen LogP contribution in [0.5, 0.6) is 0 Å². The van der Waals surface area contributed by atoms with Gasteiger partial charge in [0.2, 0.25) is 0 Å². The number of anilines is 1. The Morgan fingerprint density at radius 2 is 1.90 bits per heavy atom. The molecule has 2 heterocycles. The minimum atomic E-state index is 0.468. The van der Waals surface area contributed by atoms with Gasteiger partial charge in [-0.3, -0.25) is 0 Å². The highest BCUT2D eigenvalue weighted by Gasteiger charge is 2.21. The molecule has 0 fully saturated rings. The summed E-state index contributed by atoms with van der Waals surface area (Å²) in [5, 5.41) is 8.47. The quantitative estimate of drug-likeness (QED) is 0.891. The molecule has 0 saturated heterocycles. The third kappa shape index (κ3) is 2.33. The van der Waals surface area contributed by atoms with Crippen LogP contribution >= 0.6 is 0 Å². The summed E-state index contributed by atoms with van der Waals surface area (Å²) >= 11 is 0. The van der Waals surface area contributed by atoms with Gasteiger partial charge in [-0.15, -0.1) is 0 Å². The van der Waals surface area contributed by atoms with E-state index < -0.39 is 0 Å². The van der Waals surface area contributed by atoms with Gasteiger partial charge in [0, 0.05) is 12.1 Å². The number of fused-ring (bicyclic) bond motifs is 1. The Morgan fingerprint density at radius 1 is 1.15 bits per heavy atom. The Hall–Kier alpha value is -1.77. The standard InChI is InChI=1S/C17H23N3/c1-12(2)16-15-6-4-5-11-18-17(15)20(19-16)14-9-7-13(3)8-10-14/h7-10,12,18H,4-6,11H2,1-3H3. The van der Waals surface area contributed by atoms with Gasteiger partial charge in [0.25, 0.3) is 0 Å². The van der Waals surface area contributed by atoms with Crippen molar-refractivity contribution in [1.29, 1.82) is 0 Å². The van der Waals surface area contributed by atoms with E-state index in [2.05, 4.69) is 55.0 Å². The predicted molar refractivity (Wildman–Crippen MR) is 83.8 cm³/mol. The van der Waals surface area contributed by atoms with Gasteiger partial charge < -0.3 is 5.32 Å². The van der Waals surface area contributed by atoms with Crippen molar-refractivity contribution in [2.24, 2.45) is 0 Å². The molecule has 0 spiro atoms. The molecule has 0 aliphatic carbocycles. The third-order valence-corrected chi connectivity index (χ3v) is 3.99. The maximum atomic E-state index is 4.89. The Balaban J connectivity index is 2.13. The lowest BCUT2D eigenvalue weighted by atomic mass is 10.0. The van der Waals surface area contributed by atoms with Crippen LogP contribution in [0.1, 0.15) is 49.4 Å². The zero-order valence-electron chi connectivity index (χ0n) is 12.6. The highest BCUT2D eigenvalue weighted by atomic mass is 15.3. The van der Waals surface area contributed by atoms with Crippen LogP contribution < -0.4 is 5.32 Å². The van der Waals surface area contributed by atoms with Gasteiger partial charge in [-0.2, -0.15) is 5.10 Å². The molecule has 1 aliphatic rings. The van der Waals surface area contributed by atoms with Crippen molar-refractivity contribution in [3.63, 3.8) is 0 Å². The van der Waals surface area contributed by atoms with E-state index in [1.807, 2.05) is 0 Å². The third-order valence-electron chi connectivity index (χ3n) is 3.99. The molecule has 0 atom stereocenters. The molecule has 20 heavy (non-hydrogen) atoms. The minimum Gasteiger partial charge on any atom is -0.370 e. The molecule has 1 aliphatic heterocycles. The lowest BCUT2D eigenvalue weighted by molar-refractivity contribution is 0.731. The van der Waals surface area contributed by atoms with Crippen LogP contribution in [0.15, 0.2) is 24.3 Å². The number of aromatic nitrogens is 2. The van der Waals surface area contributed by atoms with E-state index in [0.29, 0.717) is 5.92 Å². The van der Waals surface area contributed by atoms with Crippen molar-refractivity contribution < 1.29 is 0 Å². The zero-order chi connectivity index (χ0) is 14.1. The van der Waals surface area contributed by atoms with Gasteiger partial charge in [0.1, 0.15) is 5.82 Å². The molecule has 3 rings (SSSR count). The van der Waals surface area contributed by atoms with E-state index in [1.165, 1.54) is 35.5 Å². The van der Waals surface area contributed by atoms with E-state index in [0.717, 1.165) is 18.7 Å². The lowest BCUT2D eigenvalue weighted by Gasteiger charge is -2.09. The van der Waals surface area contributed by atoms with Crippen molar-refractivity contribution in [2.75, 3.05) is 11.9 Å². The second kappa shape index (κ2) is 5.31. The summed E-state index contributed by atoms with van der Waals surface area (Å²) in [6.07, 6.45) is 3.63. The van der Waals surface area contributed by atoms with Crippen molar-refractivity contribution in [3.05, 3.63) is 41.1 Å². The molecule has 1 N–H and O–H groups in total. The van der Waals surface area contributed by atoms with E-state index >= 15 is 0 Å². The number of nitrogens with one attached hydrogen (secondary N) is 1. The van der Waals surface area contributed by atoms with Crippen molar-refractivity contribution in [2.45, 2.75) is 46.0 Å². The molecule has 3 heteroatoms. The number of aryl methyl sites for hydroxylation is 1. The average molecular weight is 269 g/mol. The number of rotatable bonds is 2. The summed E-state index contributed by atoms with van der Waals surface area (Å²) in [4.78, 5) is 0. The monoisotopic (exact) mass is 269 g/mol. The SMILES string of the molecule is Cc1ccc(-n2nc(C(C)C)c3c2NCCCC3)cc1. The van der Waals surface area contributed by atoms with Crippen LogP contribution in [0, 0.1) is 6.92 Å². The number of benzene rings is 1. The summed E-state index contributed by atoms with van der Waals surface area (Å²) < 4.78 is 2.09. The molecule has 0 saturated carbocycles. The second-order valence-corrected chi connectivity index (χ2v) is 6.00. The van der Waals surface area contributed by atoms with Crippen molar-refractivity contribution >= 4 is 5.82 Å². The number of nitrogens with zero attached hydrogens (tertiary/aromatic N) is 2.